The van der Waals surface area contributed by atoms with Crippen LogP contribution in [0, 0.1) is 26.6 Å². The Morgan fingerprint density at radius 1 is 1.07 bits per heavy atom. The first-order chi connectivity index (χ1) is 12.8. The molecule has 2 bridgehead atoms. The summed E-state index contributed by atoms with van der Waals surface area (Å²) in [7, 11) is 0. The van der Waals surface area contributed by atoms with E-state index in [1.54, 1.807) is 19.1 Å². The van der Waals surface area contributed by atoms with E-state index in [1.807, 2.05) is 30.9 Å². The number of benzene rings is 1. The van der Waals surface area contributed by atoms with E-state index in [4.69, 9.17) is 0 Å². The van der Waals surface area contributed by atoms with Crippen LogP contribution in [0.25, 0.3) is 0 Å². The maximum absolute atomic E-state index is 13.6. The highest BCUT2D eigenvalue weighted by atomic mass is 19.1. The number of nitrogens with one attached hydrogen (secondary N) is 1. The minimum atomic E-state index is -0.307. The van der Waals surface area contributed by atoms with Crippen molar-refractivity contribution in [2.24, 2.45) is 0 Å². The zero-order valence-corrected chi connectivity index (χ0v) is 16.0. The van der Waals surface area contributed by atoms with Gasteiger partial charge in [-0.05, 0) is 81.2 Å². The molecule has 0 spiro atoms. The van der Waals surface area contributed by atoms with Crippen molar-refractivity contribution in [2.45, 2.75) is 64.5 Å². The first kappa shape index (κ1) is 18.0. The molecule has 4 rings (SSSR count). The minimum absolute atomic E-state index is 0.146. The number of carbonyl (C=O) groups is 1. The molecule has 3 atom stereocenters. The van der Waals surface area contributed by atoms with E-state index < -0.39 is 0 Å². The first-order valence-corrected chi connectivity index (χ1v) is 9.64. The average molecular weight is 368 g/mol. The third-order valence-corrected chi connectivity index (χ3v) is 6.35. The van der Waals surface area contributed by atoms with E-state index in [9.17, 15) is 14.0 Å². The second kappa shape index (κ2) is 6.63. The van der Waals surface area contributed by atoms with E-state index >= 15 is 0 Å². The van der Waals surface area contributed by atoms with Crippen molar-refractivity contribution in [1.82, 2.24) is 9.88 Å². The van der Waals surface area contributed by atoms with E-state index in [-0.39, 0.29) is 34.9 Å². The van der Waals surface area contributed by atoms with Crippen LogP contribution in [-0.4, -0.2) is 27.9 Å². The Balaban J connectivity index is 1.59. The predicted molar refractivity (Wildman–Crippen MR) is 103 cm³/mol. The summed E-state index contributed by atoms with van der Waals surface area (Å²) < 4.78 is 13.6. The van der Waals surface area contributed by atoms with Crippen LogP contribution in [0.2, 0.25) is 0 Å². The molecule has 1 N–H and O–H groups in total. The Morgan fingerprint density at radius 3 is 2.37 bits per heavy atom. The minimum Gasteiger partial charge on any atom is -0.332 e. The van der Waals surface area contributed by atoms with E-state index in [2.05, 4.69) is 4.98 Å². The normalized spacial score (nSPS) is 24.3. The molecule has 1 unspecified atom stereocenters. The smallest absolute Gasteiger partial charge is 0.261 e. The molecule has 2 aromatic rings. The van der Waals surface area contributed by atoms with Gasteiger partial charge < -0.3 is 9.88 Å². The van der Waals surface area contributed by atoms with E-state index in [0.29, 0.717) is 11.5 Å². The molecule has 2 fully saturated rings. The third kappa shape index (κ3) is 3.09. The lowest BCUT2D eigenvalue weighted by Gasteiger charge is -2.39. The van der Waals surface area contributed by atoms with Crippen molar-refractivity contribution in [3.8, 4) is 0 Å². The maximum atomic E-state index is 13.6. The number of carbonyl (C=O) groups excluding carboxylic acids is 1. The van der Waals surface area contributed by atoms with Crippen LogP contribution in [0.3, 0.4) is 0 Å². The second-order valence-electron chi connectivity index (χ2n) is 8.09. The number of hydrogen-bond donors (Lipinski definition) is 1. The van der Waals surface area contributed by atoms with Gasteiger partial charge >= 0.3 is 0 Å². The molecule has 1 amide bonds. The Kier molecular flexibility index (Phi) is 4.41. The number of aryl methyl sites for hydroxylation is 3. The number of rotatable bonds is 2. The number of aromatic nitrogens is 1. The van der Waals surface area contributed by atoms with Gasteiger partial charge in [-0.2, -0.15) is 0 Å². The summed E-state index contributed by atoms with van der Waals surface area (Å²) in [6.07, 6.45) is 3.68. The summed E-state index contributed by atoms with van der Waals surface area (Å²) in [5.74, 6) is 0.00720. The van der Waals surface area contributed by atoms with Crippen LogP contribution >= 0.6 is 0 Å². The SMILES string of the molecule is Cc1cc(C2C[C@H]3CC[C@@H](C2)N3C(=O)c2cc(C)c(C)[nH]c2=O)ccc1F. The maximum Gasteiger partial charge on any atom is 0.261 e. The Morgan fingerprint density at radius 2 is 1.74 bits per heavy atom. The summed E-state index contributed by atoms with van der Waals surface area (Å²) in [6.45, 7) is 5.53. The van der Waals surface area contributed by atoms with Gasteiger partial charge in [-0.1, -0.05) is 12.1 Å². The molecular formula is C22H25FN2O2. The van der Waals surface area contributed by atoms with Crippen molar-refractivity contribution >= 4 is 5.91 Å². The number of nitrogens with zero attached hydrogens (tertiary/aromatic N) is 1. The highest BCUT2D eigenvalue weighted by Crippen LogP contribution is 2.43. The number of fused-ring (bicyclic) bond motifs is 2. The summed E-state index contributed by atoms with van der Waals surface area (Å²) in [5.41, 5.74) is 3.47. The summed E-state index contributed by atoms with van der Waals surface area (Å²) in [5, 5.41) is 0. The molecule has 2 aliphatic heterocycles. The monoisotopic (exact) mass is 368 g/mol. The summed E-state index contributed by atoms with van der Waals surface area (Å²) in [6, 6.07) is 7.35. The van der Waals surface area contributed by atoms with Crippen molar-refractivity contribution in [3.05, 3.63) is 68.4 Å². The van der Waals surface area contributed by atoms with Gasteiger partial charge in [0.15, 0.2) is 0 Å². The van der Waals surface area contributed by atoms with Gasteiger partial charge in [-0.15, -0.1) is 0 Å². The largest absolute Gasteiger partial charge is 0.332 e. The number of halogens is 1. The van der Waals surface area contributed by atoms with Gasteiger partial charge in [-0.25, -0.2) is 4.39 Å². The zero-order valence-electron chi connectivity index (χ0n) is 16.0. The summed E-state index contributed by atoms with van der Waals surface area (Å²) >= 11 is 0. The Hall–Kier alpha value is -2.43. The van der Waals surface area contributed by atoms with Crippen molar-refractivity contribution in [1.29, 1.82) is 0 Å². The van der Waals surface area contributed by atoms with Crippen molar-refractivity contribution in [3.63, 3.8) is 0 Å². The van der Waals surface area contributed by atoms with E-state index in [0.717, 1.165) is 42.5 Å². The van der Waals surface area contributed by atoms with Gasteiger partial charge in [0.05, 0.1) is 0 Å². The van der Waals surface area contributed by atoms with Crippen LogP contribution in [0.5, 0.6) is 0 Å². The Labute approximate surface area is 158 Å². The quantitative estimate of drug-likeness (QED) is 0.871. The van der Waals surface area contributed by atoms with Crippen molar-refractivity contribution in [2.75, 3.05) is 0 Å². The topological polar surface area (TPSA) is 53.2 Å². The molecule has 5 heteroatoms. The molecule has 0 saturated carbocycles. The fraction of sp³-hybridized carbons (Fsp3) is 0.455. The number of piperidine rings is 1. The second-order valence-corrected chi connectivity index (χ2v) is 8.09. The number of hydrogen-bond acceptors (Lipinski definition) is 2. The lowest BCUT2D eigenvalue weighted by molar-refractivity contribution is 0.0569. The number of aromatic amines is 1. The van der Waals surface area contributed by atoms with Gasteiger partial charge in [0.2, 0.25) is 0 Å². The molecule has 0 radical (unpaired) electrons. The van der Waals surface area contributed by atoms with E-state index in [1.165, 1.54) is 0 Å². The van der Waals surface area contributed by atoms with Crippen LogP contribution < -0.4 is 5.56 Å². The van der Waals surface area contributed by atoms with Crippen LogP contribution in [-0.2, 0) is 0 Å². The van der Waals surface area contributed by atoms with Gasteiger partial charge in [0.1, 0.15) is 11.4 Å². The third-order valence-electron chi connectivity index (χ3n) is 6.35. The molecule has 1 aromatic carbocycles. The fourth-order valence-corrected chi connectivity index (χ4v) is 4.73. The average Bonchev–Trinajstić information content (AvgIpc) is 2.89. The molecule has 4 nitrogen and oxygen atoms in total. The standard InChI is InChI=1S/C22H25FN2O2/c1-12-9-19(21(26)24-14(12)3)22(27)25-17-5-6-18(25)11-16(10-17)15-4-7-20(23)13(2)8-15/h4,7-9,16-18H,5-6,10-11H2,1-3H3,(H,24,26)/t16?,17-,18+. The van der Waals surface area contributed by atoms with Crippen molar-refractivity contribution < 1.29 is 9.18 Å². The first-order valence-electron chi connectivity index (χ1n) is 9.64. The molecule has 3 heterocycles. The zero-order chi connectivity index (χ0) is 19.3. The highest BCUT2D eigenvalue weighted by molar-refractivity contribution is 5.94. The van der Waals surface area contributed by atoms with Gasteiger partial charge in [0, 0.05) is 17.8 Å². The van der Waals surface area contributed by atoms with Crippen LogP contribution in [0.1, 0.15) is 64.3 Å². The molecule has 2 aliphatic rings. The predicted octanol–water partition coefficient (Wildman–Crippen LogP) is 3.99. The highest BCUT2D eigenvalue weighted by Gasteiger charge is 2.44. The lowest BCUT2D eigenvalue weighted by atomic mass is 9.84. The molecular weight excluding hydrogens is 343 g/mol. The van der Waals surface area contributed by atoms with Crippen LogP contribution in [0.4, 0.5) is 4.39 Å². The fourth-order valence-electron chi connectivity index (χ4n) is 4.73. The summed E-state index contributed by atoms with van der Waals surface area (Å²) in [4.78, 5) is 30.2. The van der Waals surface area contributed by atoms with Gasteiger partial charge in [0.25, 0.3) is 11.5 Å². The Bertz CT molecular complexity index is 951. The molecule has 2 saturated heterocycles. The molecule has 27 heavy (non-hydrogen) atoms. The van der Waals surface area contributed by atoms with Crippen LogP contribution in [0.15, 0.2) is 29.1 Å². The molecule has 142 valence electrons. The number of pyridine rings is 1. The lowest BCUT2D eigenvalue weighted by Crippen LogP contribution is -2.47. The molecule has 1 aromatic heterocycles. The number of H-pyrrole nitrogens is 1. The van der Waals surface area contributed by atoms with Gasteiger partial charge in [-0.3, -0.25) is 9.59 Å². The molecule has 0 aliphatic carbocycles. The number of amides is 1.